The number of hydrogen-bond acceptors (Lipinski definition) is 4. The lowest BCUT2D eigenvalue weighted by Crippen LogP contribution is -2.38. The summed E-state index contributed by atoms with van der Waals surface area (Å²) in [6.07, 6.45) is 4.94. The molecule has 33 heavy (non-hydrogen) atoms. The predicted molar refractivity (Wildman–Crippen MR) is 132 cm³/mol. The Kier molecular flexibility index (Phi) is 8.89. The van der Waals surface area contributed by atoms with Crippen molar-refractivity contribution >= 4 is 11.9 Å². The van der Waals surface area contributed by atoms with Gasteiger partial charge in [0.25, 0.3) is 5.91 Å². The highest BCUT2D eigenvalue weighted by Crippen LogP contribution is 2.41. The smallest absolute Gasteiger partial charge is 0.311 e. The van der Waals surface area contributed by atoms with E-state index in [1.807, 2.05) is 43.5 Å². The molecule has 0 spiro atoms. The minimum Gasteiger partial charge on any atom is -0.426 e. The minimum atomic E-state index is -0.974. The van der Waals surface area contributed by atoms with Crippen molar-refractivity contribution in [3.8, 4) is 5.75 Å². The van der Waals surface area contributed by atoms with Crippen molar-refractivity contribution in [3.63, 3.8) is 0 Å². The molecule has 0 unspecified atom stereocenters. The quantitative estimate of drug-likeness (QED) is 0.363. The lowest BCUT2D eigenvalue weighted by atomic mass is 9.71. The van der Waals surface area contributed by atoms with Gasteiger partial charge in [-0.25, -0.2) is 0 Å². The number of carbonyl (C=O) groups excluding carboxylic acids is 2. The van der Waals surface area contributed by atoms with E-state index in [-0.39, 0.29) is 23.8 Å². The number of hydrogen-bond donors (Lipinski definition) is 2. The number of rotatable bonds is 11. The van der Waals surface area contributed by atoms with E-state index in [9.17, 15) is 14.7 Å². The number of aliphatic hydroxyl groups is 1. The first-order valence-electron chi connectivity index (χ1n) is 12.0. The molecule has 1 amide bonds. The molecule has 0 aliphatic heterocycles. The summed E-state index contributed by atoms with van der Waals surface area (Å²) >= 11 is 0. The fourth-order valence-electron chi connectivity index (χ4n) is 4.28. The summed E-state index contributed by atoms with van der Waals surface area (Å²) < 4.78 is 7.50. The van der Waals surface area contributed by atoms with Crippen molar-refractivity contribution in [3.05, 3.63) is 52.8 Å². The molecule has 1 heterocycles. The van der Waals surface area contributed by atoms with Crippen LogP contribution in [0.3, 0.4) is 0 Å². The van der Waals surface area contributed by atoms with Crippen LogP contribution in [-0.2, 0) is 16.8 Å². The third-order valence-electron chi connectivity index (χ3n) is 6.32. The van der Waals surface area contributed by atoms with Crippen molar-refractivity contribution in [2.24, 2.45) is 0 Å². The summed E-state index contributed by atoms with van der Waals surface area (Å²) in [5.41, 5.74) is 2.47. The highest BCUT2D eigenvalue weighted by Gasteiger charge is 2.33. The summed E-state index contributed by atoms with van der Waals surface area (Å²) in [4.78, 5) is 24.8. The van der Waals surface area contributed by atoms with E-state index in [0.29, 0.717) is 24.4 Å². The Morgan fingerprint density at radius 1 is 1.06 bits per heavy atom. The summed E-state index contributed by atoms with van der Waals surface area (Å²) in [6.45, 7) is 14.4. The zero-order chi connectivity index (χ0) is 24.8. The molecule has 1 aromatic heterocycles. The Balaban J connectivity index is 2.44. The number of aromatic nitrogens is 1. The molecule has 1 aromatic carbocycles. The first-order chi connectivity index (χ1) is 15.5. The molecule has 2 N–H and O–H groups in total. The monoisotopic (exact) mass is 456 g/mol. The number of nitrogens with one attached hydrogen (secondary N) is 1. The molecule has 6 heteroatoms. The summed E-state index contributed by atoms with van der Waals surface area (Å²) in [5.74, 6) is 0.184. The highest BCUT2D eigenvalue weighted by molar-refractivity contribution is 5.93. The Labute approximate surface area is 198 Å². The van der Waals surface area contributed by atoms with Gasteiger partial charge in [-0.1, -0.05) is 32.9 Å². The number of carbonyl (C=O) groups is 2. The van der Waals surface area contributed by atoms with Crippen molar-refractivity contribution in [2.45, 2.75) is 91.7 Å². The van der Waals surface area contributed by atoms with Gasteiger partial charge < -0.3 is 19.7 Å². The molecule has 2 rings (SSSR count). The second-order valence-corrected chi connectivity index (χ2v) is 9.39. The van der Waals surface area contributed by atoms with Gasteiger partial charge in [0.15, 0.2) is 0 Å². The van der Waals surface area contributed by atoms with Crippen molar-refractivity contribution in [1.82, 2.24) is 9.88 Å². The molecule has 182 valence electrons. The Bertz CT molecular complexity index is 965. The van der Waals surface area contributed by atoms with Crippen LogP contribution >= 0.6 is 0 Å². The fourth-order valence-corrected chi connectivity index (χ4v) is 4.28. The molecule has 0 atom stereocenters. The maximum Gasteiger partial charge on any atom is 0.311 e. The number of ether oxygens (including phenoxy) is 1. The molecule has 0 bridgehead atoms. The van der Waals surface area contributed by atoms with Crippen LogP contribution in [0.5, 0.6) is 5.75 Å². The van der Waals surface area contributed by atoms with Gasteiger partial charge in [0.05, 0.1) is 5.60 Å². The minimum absolute atomic E-state index is 0.181. The summed E-state index contributed by atoms with van der Waals surface area (Å²) in [6, 6.07) is 7.98. The zero-order valence-corrected chi connectivity index (χ0v) is 21.2. The maximum absolute atomic E-state index is 12.9. The number of nitrogens with zero attached hydrogens (tertiary/aromatic N) is 1. The standard InChI is InChI=1S/C27H40N2O4/c1-8-12-24(30)33-23-14-13-20(15-19(23)5)27(9-2,10-3)21-16-22(29(11-4)17-21)25(31)28-18-26(6,7)32/h13-17,32H,8-12,18H2,1-7H3,(H,28,31). The number of esters is 1. The first kappa shape index (κ1) is 26.7. The average molecular weight is 457 g/mol. The van der Waals surface area contributed by atoms with Crippen LogP contribution in [0.15, 0.2) is 30.5 Å². The third kappa shape index (κ3) is 6.26. The molecule has 2 aromatic rings. The van der Waals surface area contributed by atoms with Gasteiger partial charge in [-0.15, -0.1) is 0 Å². The van der Waals surface area contributed by atoms with Crippen LogP contribution in [-0.4, -0.2) is 33.7 Å². The SMILES string of the molecule is CCCC(=O)Oc1ccc(C(CC)(CC)c2cc(C(=O)NCC(C)(C)O)n(CC)c2)cc1C. The maximum atomic E-state index is 12.9. The van der Waals surface area contributed by atoms with Crippen molar-refractivity contribution < 1.29 is 19.4 Å². The lowest BCUT2D eigenvalue weighted by molar-refractivity contribution is -0.134. The zero-order valence-electron chi connectivity index (χ0n) is 21.2. The van der Waals surface area contributed by atoms with E-state index in [2.05, 4.69) is 31.4 Å². The molecule has 0 aliphatic rings. The molecule has 0 saturated heterocycles. The van der Waals surface area contributed by atoms with Gasteiger partial charge in [0, 0.05) is 31.1 Å². The van der Waals surface area contributed by atoms with Crippen molar-refractivity contribution in [1.29, 1.82) is 0 Å². The number of amides is 1. The normalized spacial score (nSPS) is 12.0. The molecule has 0 aliphatic carbocycles. The van der Waals surface area contributed by atoms with Crippen LogP contribution in [0.25, 0.3) is 0 Å². The Hall–Kier alpha value is -2.60. The van der Waals surface area contributed by atoms with E-state index in [4.69, 9.17) is 4.74 Å². The van der Waals surface area contributed by atoms with Gasteiger partial charge in [-0.05, 0) is 75.8 Å². The van der Waals surface area contributed by atoms with Gasteiger partial charge in [0.1, 0.15) is 11.4 Å². The van der Waals surface area contributed by atoms with Crippen LogP contribution < -0.4 is 10.1 Å². The van der Waals surface area contributed by atoms with E-state index in [1.54, 1.807) is 13.8 Å². The Morgan fingerprint density at radius 3 is 2.24 bits per heavy atom. The molecule has 0 saturated carbocycles. The van der Waals surface area contributed by atoms with Gasteiger partial charge >= 0.3 is 5.97 Å². The lowest BCUT2D eigenvalue weighted by Gasteiger charge is -2.32. The summed E-state index contributed by atoms with van der Waals surface area (Å²) in [7, 11) is 0. The molecule has 0 radical (unpaired) electrons. The highest BCUT2D eigenvalue weighted by atomic mass is 16.5. The van der Waals surface area contributed by atoms with Crippen LogP contribution in [0.4, 0.5) is 0 Å². The van der Waals surface area contributed by atoms with E-state index in [0.717, 1.165) is 36.0 Å². The van der Waals surface area contributed by atoms with Gasteiger partial charge in [-0.2, -0.15) is 0 Å². The van der Waals surface area contributed by atoms with Crippen LogP contribution in [0.1, 0.15) is 94.4 Å². The average Bonchev–Trinajstić information content (AvgIpc) is 3.20. The van der Waals surface area contributed by atoms with E-state index in [1.165, 1.54) is 0 Å². The van der Waals surface area contributed by atoms with Crippen LogP contribution in [0, 0.1) is 6.92 Å². The molecular formula is C27H40N2O4. The molecule has 6 nitrogen and oxygen atoms in total. The Morgan fingerprint density at radius 2 is 1.73 bits per heavy atom. The number of aryl methyl sites for hydroxylation is 2. The number of benzene rings is 1. The van der Waals surface area contributed by atoms with Gasteiger partial charge in [-0.3, -0.25) is 9.59 Å². The van der Waals surface area contributed by atoms with E-state index < -0.39 is 5.60 Å². The second-order valence-electron chi connectivity index (χ2n) is 9.39. The van der Waals surface area contributed by atoms with E-state index >= 15 is 0 Å². The van der Waals surface area contributed by atoms with Gasteiger partial charge in [0.2, 0.25) is 0 Å². The molecular weight excluding hydrogens is 416 g/mol. The topological polar surface area (TPSA) is 80.6 Å². The molecule has 0 fully saturated rings. The summed E-state index contributed by atoms with van der Waals surface area (Å²) in [5, 5.41) is 12.8. The largest absolute Gasteiger partial charge is 0.426 e. The fraction of sp³-hybridized carbons (Fsp3) is 0.556. The van der Waals surface area contributed by atoms with Crippen LogP contribution in [0.2, 0.25) is 0 Å². The second kappa shape index (κ2) is 11.0. The predicted octanol–water partition coefficient (Wildman–Crippen LogP) is 5.13. The van der Waals surface area contributed by atoms with Crippen molar-refractivity contribution in [2.75, 3.05) is 6.54 Å². The first-order valence-corrected chi connectivity index (χ1v) is 12.0. The third-order valence-corrected chi connectivity index (χ3v) is 6.32.